The van der Waals surface area contributed by atoms with Crippen LogP contribution in [0, 0.1) is 0 Å². The molecule has 0 aromatic carbocycles. The summed E-state index contributed by atoms with van der Waals surface area (Å²) in [6.07, 6.45) is 7.40. The van der Waals surface area contributed by atoms with E-state index < -0.39 is 17.7 Å². The highest BCUT2D eigenvalue weighted by Crippen LogP contribution is 2.21. The molecule has 1 aliphatic rings. The number of alkyl halides is 1. The summed E-state index contributed by atoms with van der Waals surface area (Å²) in [5.41, 5.74) is 0.0717. The van der Waals surface area contributed by atoms with Gasteiger partial charge in [-0.3, -0.25) is 9.69 Å². The van der Waals surface area contributed by atoms with Crippen LogP contribution in [0.5, 0.6) is 0 Å². The zero-order chi connectivity index (χ0) is 18.2. The summed E-state index contributed by atoms with van der Waals surface area (Å²) in [5.74, 6) is -0.193. The molecule has 1 heterocycles. The summed E-state index contributed by atoms with van der Waals surface area (Å²) in [4.78, 5) is 26.6. The number of hydrogen-bond donors (Lipinski definition) is 2. The van der Waals surface area contributed by atoms with Crippen LogP contribution >= 0.6 is 15.9 Å². The third-order valence-electron chi connectivity index (χ3n) is 3.39. The van der Waals surface area contributed by atoms with E-state index in [-0.39, 0.29) is 5.91 Å². The molecule has 2 amide bonds. The Balaban J connectivity index is 2.82. The summed E-state index contributed by atoms with van der Waals surface area (Å²) >= 11 is 3.31. The van der Waals surface area contributed by atoms with Crippen LogP contribution in [-0.4, -0.2) is 47.5 Å². The molecule has 1 unspecified atom stereocenters. The fraction of sp³-hybridized carbons (Fsp3) is 0.647. The van der Waals surface area contributed by atoms with Gasteiger partial charge in [0.15, 0.2) is 0 Å². The van der Waals surface area contributed by atoms with E-state index in [1.54, 1.807) is 13.2 Å². The summed E-state index contributed by atoms with van der Waals surface area (Å²) < 4.78 is 5.43. The lowest BCUT2D eigenvalue weighted by Gasteiger charge is -2.35. The molecule has 0 radical (unpaired) electrons. The van der Waals surface area contributed by atoms with Gasteiger partial charge in [-0.2, -0.15) is 0 Å². The first-order valence-electron chi connectivity index (χ1n) is 8.19. The molecule has 6 nitrogen and oxygen atoms in total. The SMILES string of the molecule is CN/C=C(\C=C/CBr)NC(=O)C1CCCCN1C(=O)OC(C)(C)C. The molecule has 0 saturated carbocycles. The number of ether oxygens (including phenoxy) is 1. The summed E-state index contributed by atoms with van der Waals surface area (Å²) in [6.45, 7) is 6.00. The van der Waals surface area contributed by atoms with Gasteiger partial charge in [0.25, 0.3) is 0 Å². The van der Waals surface area contributed by atoms with E-state index in [0.717, 1.165) is 12.8 Å². The molecule has 0 aliphatic carbocycles. The molecule has 24 heavy (non-hydrogen) atoms. The number of likely N-dealkylation sites (tertiary alicyclic amines) is 1. The first kappa shape index (κ1) is 20.5. The van der Waals surface area contributed by atoms with Crippen molar-refractivity contribution in [1.29, 1.82) is 0 Å². The van der Waals surface area contributed by atoms with Crippen LogP contribution < -0.4 is 10.6 Å². The molecule has 7 heteroatoms. The number of nitrogens with zero attached hydrogens (tertiary/aromatic N) is 1. The second-order valence-electron chi connectivity index (χ2n) is 6.62. The van der Waals surface area contributed by atoms with Crippen molar-refractivity contribution in [2.45, 2.75) is 51.7 Å². The maximum absolute atomic E-state index is 12.7. The van der Waals surface area contributed by atoms with Crippen molar-refractivity contribution in [2.24, 2.45) is 0 Å². The minimum Gasteiger partial charge on any atom is -0.444 e. The molecular weight excluding hydrogens is 374 g/mol. The Morgan fingerprint density at radius 1 is 1.33 bits per heavy atom. The van der Waals surface area contributed by atoms with Gasteiger partial charge >= 0.3 is 6.09 Å². The Labute approximate surface area is 152 Å². The van der Waals surface area contributed by atoms with E-state index in [9.17, 15) is 9.59 Å². The number of rotatable bonds is 5. The van der Waals surface area contributed by atoms with Gasteiger partial charge in [-0.25, -0.2) is 4.79 Å². The lowest BCUT2D eigenvalue weighted by atomic mass is 10.0. The Bertz CT molecular complexity index is 498. The van der Waals surface area contributed by atoms with Crippen molar-refractivity contribution in [3.63, 3.8) is 0 Å². The molecule has 1 fully saturated rings. The standard InChI is InChI=1S/C17H28BrN3O3/c1-17(2,3)24-16(23)21-11-6-5-9-14(21)15(22)20-13(12-19-4)8-7-10-18/h7-8,12,14,19H,5-6,9-11H2,1-4H3,(H,20,22)/b8-7-,13-12+. The average Bonchev–Trinajstić information content (AvgIpc) is 2.51. The zero-order valence-electron chi connectivity index (χ0n) is 14.9. The fourth-order valence-corrected chi connectivity index (χ4v) is 2.61. The molecule has 136 valence electrons. The molecule has 1 rings (SSSR count). The van der Waals surface area contributed by atoms with Crippen LogP contribution in [0.2, 0.25) is 0 Å². The van der Waals surface area contributed by atoms with Gasteiger partial charge in [-0.1, -0.05) is 22.0 Å². The van der Waals surface area contributed by atoms with E-state index >= 15 is 0 Å². The van der Waals surface area contributed by atoms with Crippen LogP contribution in [0.4, 0.5) is 4.79 Å². The summed E-state index contributed by atoms with van der Waals surface area (Å²) in [5, 5.41) is 6.47. The van der Waals surface area contributed by atoms with Crippen molar-refractivity contribution >= 4 is 27.9 Å². The van der Waals surface area contributed by atoms with Crippen molar-refractivity contribution in [2.75, 3.05) is 18.9 Å². The van der Waals surface area contributed by atoms with Crippen molar-refractivity contribution < 1.29 is 14.3 Å². The number of nitrogens with one attached hydrogen (secondary N) is 2. The Hall–Kier alpha value is -1.50. The zero-order valence-corrected chi connectivity index (χ0v) is 16.5. The largest absolute Gasteiger partial charge is 0.444 e. The van der Waals surface area contributed by atoms with Crippen molar-refractivity contribution in [1.82, 2.24) is 15.5 Å². The highest BCUT2D eigenvalue weighted by molar-refractivity contribution is 9.09. The number of allylic oxidation sites excluding steroid dienone is 2. The molecule has 1 aliphatic heterocycles. The molecule has 0 spiro atoms. The van der Waals surface area contributed by atoms with Gasteiger partial charge < -0.3 is 15.4 Å². The number of carbonyl (C=O) groups excluding carboxylic acids is 2. The first-order valence-corrected chi connectivity index (χ1v) is 9.31. The average molecular weight is 402 g/mol. The minimum atomic E-state index is -0.578. The predicted octanol–water partition coefficient (Wildman–Crippen LogP) is 2.90. The monoisotopic (exact) mass is 401 g/mol. The maximum Gasteiger partial charge on any atom is 0.410 e. The van der Waals surface area contributed by atoms with Gasteiger partial charge in [0.05, 0.1) is 5.70 Å². The highest BCUT2D eigenvalue weighted by Gasteiger charge is 2.34. The molecule has 2 N–H and O–H groups in total. The Morgan fingerprint density at radius 2 is 2.04 bits per heavy atom. The Morgan fingerprint density at radius 3 is 2.62 bits per heavy atom. The highest BCUT2D eigenvalue weighted by atomic mass is 79.9. The Kier molecular flexibility index (Phi) is 8.31. The number of halogens is 1. The van der Waals surface area contributed by atoms with Gasteiger partial charge in [-0.05, 0) is 46.1 Å². The lowest BCUT2D eigenvalue weighted by Crippen LogP contribution is -2.52. The van der Waals surface area contributed by atoms with Crippen LogP contribution in [-0.2, 0) is 9.53 Å². The molecule has 1 atom stereocenters. The van der Waals surface area contributed by atoms with E-state index in [0.29, 0.717) is 24.0 Å². The van der Waals surface area contributed by atoms with Gasteiger partial charge in [0.2, 0.25) is 5.91 Å². The van der Waals surface area contributed by atoms with Gasteiger partial charge in [0, 0.05) is 25.1 Å². The van der Waals surface area contributed by atoms with Gasteiger partial charge in [0.1, 0.15) is 11.6 Å². The van der Waals surface area contributed by atoms with Crippen LogP contribution in [0.3, 0.4) is 0 Å². The molecular formula is C17H28BrN3O3. The third-order valence-corrected chi connectivity index (χ3v) is 3.76. The quantitative estimate of drug-likeness (QED) is 0.548. The second kappa shape index (κ2) is 9.71. The number of carbonyl (C=O) groups is 2. The molecule has 0 aromatic heterocycles. The molecule has 1 saturated heterocycles. The van der Waals surface area contributed by atoms with E-state index in [1.165, 1.54) is 4.90 Å². The number of amides is 2. The van der Waals surface area contributed by atoms with E-state index in [1.807, 2.05) is 32.9 Å². The smallest absolute Gasteiger partial charge is 0.410 e. The normalized spacial score (nSPS) is 19.3. The topological polar surface area (TPSA) is 70.7 Å². The van der Waals surface area contributed by atoms with Crippen LogP contribution in [0.15, 0.2) is 24.0 Å². The van der Waals surface area contributed by atoms with Gasteiger partial charge in [-0.15, -0.1) is 0 Å². The third kappa shape index (κ3) is 6.95. The minimum absolute atomic E-state index is 0.193. The first-order chi connectivity index (χ1) is 11.3. The fourth-order valence-electron chi connectivity index (χ4n) is 2.42. The number of piperidine rings is 1. The molecule has 0 bridgehead atoms. The summed E-state index contributed by atoms with van der Waals surface area (Å²) in [6, 6.07) is -0.508. The van der Waals surface area contributed by atoms with E-state index in [2.05, 4.69) is 26.6 Å². The van der Waals surface area contributed by atoms with Crippen LogP contribution in [0.25, 0.3) is 0 Å². The summed E-state index contributed by atoms with van der Waals surface area (Å²) in [7, 11) is 1.77. The van der Waals surface area contributed by atoms with Crippen molar-refractivity contribution in [3.8, 4) is 0 Å². The lowest BCUT2D eigenvalue weighted by molar-refractivity contribution is -0.126. The van der Waals surface area contributed by atoms with Crippen LogP contribution in [0.1, 0.15) is 40.0 Å². The number of hydrogen-bond acceptors (Lipinski definition) is 4. The second-order valence-corrected chi connectivity index (χ2v) is 7.27. The molecule has 0 aromatic rings. The predicted molar refractivity (Wildman–Crippen MR) is 98.8 cm³/mol. The van der Waals surface area contributed by atoms with E-state index in [4.69, 9.17) is 4.74 Å². The van der Waals surface area contributed by atoms with Crippen molar-refractivity contribution in [3.05, 3.63) is 24.0 Å². The maximum atomic E-state index is 12.7.